The predicted octanol–water partition coefficient (Wildman–Crippen LogP) is 3.29. The summed E-state index contributed by atoms with van der Waals surface area (Å²) in [7, 11) is 1.68. The number of hydrogen-bond acceptors (Lipinski definition) is 2. The summed E-state index contributed by atoms with van der Waals surface area (Å²) in [5.74, 6) is 0.865. The van der Waals surface area contributed by atoms with Crippen LogP contribution >= 0.6 is 12.4 Å². The van der Waals surface area contributed by atoms with Crippen LogP contribution in [0.1, 0.15) is 18.5 Å². The van der Waals surface area contributed by atoms with E-state index in [1.54, 1.807) is 7.11 Å². The first-order chi connectivity index (χ1) is 7.24. The van der Waals surface area contributed by atoms with Crippen molar-refractivity contribution in [3.63, 3.8) is 0 Å². The predicted molar refractivity (Wildman–Crippen MR) is 70.4 cm³/mol. The third-order valence-corrected chi connectivity index (χ3v) is 2.61. The Labute approximate surface area is 102 Å². The first-order valence-corrected chi connectivity index (χ1v) is 5.05. The Morgan fingerprint density at radius 2 is 1.81 bits per heavy atom. The topological polar surface area (TPSA) is 35.2 Å². The summed E-state index contributed by atoms with van der Waals surface area (Å²) in [6.07, 6.45) is 0. The number of benzene rings is 2. The summed E-state index contributed by atoms with van der Waals surface area (Å²) in [5.41, 5.74) is 7.06. The van der Waals surface area contributed by atoms with Gasteiger partial charge in [0.25, 0.3) is 0 Å². The molecule has 3 heteroatoms. The van der Waals surface area contributed by atoms with Gasteiger partial charge in [0.2, 0.25) is 0 Å². The van der Waals surface area contributed by atoms with E-state index in [0.29, 0.717) is 0 Å². The van der Waals surface area contributed by atoms with Crippen LogP contribution in [0.25, 0.3) is 10.8 Å². The maximum absolute atomic E-state index is 5.98. The summed E-state index contributed by atoms with van der Waals surface area (Å²) in [6.45, 7) is 1.98. The lowest BCUT2D eigenvalue weighted by atomic mass is 9.99. The quantitative estimate of drug-likeness (QED) is 0.870. The second-order valence-electron chi connectivity index (χ2n) is 3.69. The van der Waals surface area contributed by atoms with Gasteiger partial charge in [-0.1, -0.05) is 30.3 Å². The largest absolute Gasteiger partial charge is 0.496 e. The van der Waals surface area contributed by atoms with Gasteiger partial charge in [0.1, 0.15) is 5.75 Å². The highest BCUT2D eigenvalue weighted by Gasteiger charge is 2.11. The molecular weight excluding hydrogens is 222 g/mol. The van der Waals surface area contributed by atoms with E-state index in [9.17, 15) is 0 Å². The number of halogens is 1. The number of ether oxygens (including phenoxy) is 1. The number of hydrogen-bond donors (Lipinski definition) is 1. The molecule has 0 saturated heterocycles. The van der Waals surface area contributed by atoms with Crippen LogP contribution in [-0.2, 0) is 0 Å². The van der Waals surface area contributed by atoms with Crippen molar-refractivity contribution >= 4 is 23.2 Å². The van der Waals surface area contributed by atoms with Crippen molar-refractivity contribution in [2.75, 3.05) is 7.11 Å². The van der Waals surface area contributed by atoms with Gasteiger partial charge in [-0.15, -0.1) is 12.4 Å². The highest BCUT2D eigenvalue weighted by molar-refractivity contribution is 5.88. The Bertz CT molecular complexity index is 482. The fourth-order valence-electron chi connectivity index (χ4n) is 1.92. The Morgan fingerprint density at radius 3 is 2.44 bits per heavy atom. The molecule has 0 saturated carbocycles. The van der Waals surface area contributed by atoms with E-state index in [1.807, 2.05) is 25.1 Å². The van der Waals surface area contributed by atoms with Crippen LogP contribution in [0.15, 0.2) is 36.4 Å². The highest BCUT2D eigenvalue weighted by atomic mass is 35.5. The minimum Gasteiger partial charge on any atom is -0.496 e. The summed E-state index contributed by atoms with van der Waals surface area (Å²) in [5, 5.41) is 2.37. The zero-order valence-electron chi connectivity index (χ0n) is 9.44. The van der Waals surface area contributed by atoms with Gasteiger partial charge < -0.3 is 10.5 Å². The molecule has 0 bridgehead atoms. The first-order valence-electron chi connectivity index (χ1n) is 5.05. The van der Waals surface area contributed by atoms with E-state index in [1.165, 1.54) is 10.8 Å². The Balaban J connectivity index is 0.00000128. The fourth-order valence-corrected chi connectivity index (χ4v) is 1.92. The molecule has 2 nitrogen and oxygen atoms in total. The molecule has 0 radical (unpaired) electrons. The lowest BCUT2D eigenvalue weighted by Gasteiger charge is -2.14. The van der Waals surface area contributed by atoms with Gasteiger partial charge in [-0.05, 0) is 23.8 Å². The number of rotatable bonds is 2. The summed E-state index contributed by atoms with van der Waals surface area (Å²) in [6, 6.07) is 12.2. The monoisotopic (exact) mass is 237 g/mol. The van der Waals surface area contributed by atoms with Crippen LogP contribution < -0.4 is 10.5 Å². The molecule has 2 N–H and O–H groups in total. The first kappa shape index (κ1) is 12.8. The zero-order valence-corrected chi connectivity index (χ0v) is 10.3. The Kier molecular flexibility index (Phi) is 4.16. The minimum absolute atomic E-state index is 0. The lowest BCUT2D eigenvalue weighted by molar-refractivity contribution is 0.408. The zero-order chi connectivity index (χ0) is 10.8. The van der Waals surface area contributed by atoms with Gasteiger partial charge in [-0.25, -0.2) is 0 Å². The van der Waals surface area contributed by atoms with Gasteiger partial charge in [0.05, 0.1) is 7.11 Å². The number of nitrogens with two attached hydrogens (primary N) is 1. The van der Waals surface area contributed by atoms with Crippen LogP contribution in [0.2, 0.25) is 0 Å². The molecular formula is C13H16ClNO. The molecule has 0 unspecified atom stereocenters. The molecule has 0 aliphatic heterocycles. The molecule has 0 heterocycles. The summed E-state index contributed by atoms with van der Waals surface area (Å²) >= 11 is 0. The van der Waals surface area contributed by atoms with Gasteiger partial charge in [-0.3, -0.25) is 0 Å². The molecule has 2 aromatic rings. The third-order valence-electron chi connectivity index (χ3n) is 2.61. The van der Waals surface area contributed by atoms with Crippen LogP contribution in [0, 0.1) is 0 Å². The van der Waals surface area contributed by atoms with Gasteiger partial charge in [0, 0.05) is 11.6 Å². The lowest BCUT2D eigenvalue weighted by Crippen LogP contribution is -2.07. The normalized spacial score (nSPS) is 11.9. The number of fused-ring (bicyclic) bond motifs is 1. The molecule has 0 aliphatic rings. The van der Waals surface area contributed by atoms with E-state index in [2.05, 4.69) is 18.2 Å². The van der Waals surface area contributed by atoms with Crippen molar-refractivity contribution in [1.29, 1.82) is 0 Å². The van der Waals surface area contributed by atoms with Gasteiger partial charge in [-0.2, -0.15) is 0 Å². The van der Waals surface area contributed by atoms with Crippen LogP contribution in [-0.4, -0.2) is 7.11 Å². The second-order valence-corrected chi connectivity index (χ2v) is 3.69. The number of methoxy groups -OCH3 is 1. The average Bonchev–Trinajstić information content (AvgIpc) is 2.27. The molecule has 1 atom stereocenters. The molecule has 0 aromatic heterocycles. The smallest absolute Gasteiger partial charge is 0.124 e. The van der Waals surface area contributed by atoms with Crippen LogP contribution in [0.3, 0.4) is 0 Å². The molecule has 0 aliphatic carbocycles. The van der Waals surface area contributed by atoms with Crippen LogP contribution in [0.5, 0.6) is 5.75 Å². The van der Waals surface area contributed by atoms with Gasteiger partial charge in [0.15, 0.2) is 0 Å². The van der Waals surface area contributed by atoms with Crippen molar-refractivity contribution in [1.82, 2.24) is 0 Å². The van der Waals surface area contributed by atoms with Gasteiger partial charge >= 0.3 is 0 Å². The highest BCUT2D eigenvalue weighted by Crippen LogP contribution is 2.31. The van der Waals surface area contributed by atoms with E-state index in [4.69, 9.17) is 10.5 Å². The van der Waals surface area contributed by atoms with Crippen molar-refractivity contribution in [2.24, 2.45) is 5.73 Å². The average molecular weight is 238 g/mol. The summed E-state index contributed by atoms with van der Waals surface area (Å²) in [4.78, 5) is 0. The standard InChI is InChI=1S/C13H15NO.ClH/c1-9(14)13-11-6-4-3-5-10(11)7-8-12(13)15-2;/h3-9H,14H2,1-2H3;1H/t9-;/m1./s1. The molecule has 0 spiro atoms. The van der Waals surface area contributed by atoms with E-state index in [-0.39, 0.29) is 18.4 Å². The molecule has 0 fully saturated rings. The molecule has 86 valence electrons. The maximum Gasteiger partial charge on any atom is 0.124 e. The van der Waals surface area contributed by atoms with Crippen molar-refractivity contribution < 1.29 is 4.74 Å². The Hall–Kier alpha value is -1.25. The maximum atomic E-state index is 5.98. The van der Waals surface area contributed by atoms with Crippen molar-refractivity contribution in [3.05, 3.63) is 42.0 Å². The van der Waals surface area contributed by atoms with E-state index >= 15 is 0 Å². The summed E-state index contributed by atoms with van der Waals surface area (Å²) < 4.78 is 5.33. The van der Waals surface area contributed by atoms with Crippen molar-refractivity contribution in [3.8, 4) is 5.75 Å². The Morgan fingerprint density at radius 1 is 1.12 bits per heavy atom. The minimum atomic E-state index is -0.0222. The molecule has 16 heavy (non-hydrogen) atoms. The van der Waals surface area contributed by atoms with E-state index < -0.39 is 0 Å². The SMILES string of the molecule is COc1ccc2ccccc2c1[C@@H](C)N.Cl. The molecule has 2 rings (SSSR count). The van der Waals surface area contributed by atoms with Crippen molar-refractivity contribution in [2.45, 2.75) is 13.0 Å². The van der Waals surface area contributed by atoms with E-state index in [0.717, 1.165) is 11.3 Å². The van der Waals surface area contributed by atoms with Crippen LogP contribution in [0.4, 0.5) is 0 Å². The second kappa shape index (κ2) is 5.19. The molecule has 2 aromatic carbocycles. The molecule has 0 amide bonds. The fraction of sp³-hybridized carbons (Fsp3) is 0.231. The third kappa shape index (κ3) is 2.13.